The van der Waals surface area contributed by atoms with E-state index in [1.165, 1.54) is 0 Å². The van der Waals surface area contributed by atoms with E-state index in [1.807, 2.05) is 13.0 Å². The second-order valence-corrected chi connectivity index (χ2v) is 4.77. The van der Waals surface area contributed by atoms with Crippen LogP contribution in [0.25, 0.3) is 0 Å². The van der Waals surface area contributed by atoms with Crippen LogP contribution in [-0.4, -0.2) is 16.0 Å². The number of rotatable bonds is 3. The molecule has 0 spiro atoms. The molecule has 20 heavy (non-hydrogen) atoms. The summed E-state index contributed by atoms with van der Waals surface area (Å²) in [7, 11) is 0. The number of benzene rings is 1. The lowest BCUT2D eigenvalue weighted by Gasteiger charge is -2.10. The zero-order valence-electron chi connectivity index (χ0n) is 11.1. The van der Waals surface area contributed by atoms with E-state index in [-0.39, 0.29) is 5.84 Å². The van der Waals surface area contributed by atoms with Gasteiger partial charge in [0.25, 0.3) is 0 Å². The zero-order valence-corrected chi connectivity index (χ0v) is 11.8. The van der Waals surface area contributed by atoms with Crippen molar-refractivity contribution in [2.45, 2.75) is 13.8 Å². The summed E-state index contributed by atoms with van der Waals surface area (Å²) < 4.78 is 5.72. The van der Waals surface area contributed by atoms with Gasteiger partial charge < -0.3 is 15.7 Å². The van der Waals surface area contributed by atoms with E-state index in [4.69, 9.17) is 27.3 Å². The minimum Gasteiger partial charge on any atom is -0.439 e. The lowest BCUT2D eigenvalue weighted by Crippen LogP contribution is -2.13. The number of amidine groups is 1. The summed E-state index contributed by atoms with van der Waals surface area (Å²) in [5.74, 6) is 0.973. The van der Waals surface area contributed by atoms with E-state index >= 15 is 0 Å². The maximum Gasteiger partial charge on any atom is 0.220 e. The molecule has 0 amide bonds. The fourth-order valence-electron chi connectivity index (χ4n) is 1.69. The van der Waals surface area contributed by atoms with Gasteiger partial charge in [0.1, 0.15) is 5.75 Å². The first-order valence-corrected chi connectivity index (χ1v) is 6.28. The second kappa shape index (κ2) is 5.79. The lowest BCUT2D eigenvalue weighted by atomic mass is 10.2. The average Bonchev–Trinajstić information content (AvgIpc) is 2.41. The summed E-state index contributed by atoms with van der Waals surface area (Å²) in [6.45, 7) is 3.71. The number of hydrogen-bond acceptors (Lipinski definition) is 4. The molecular formula is C14H14ClN3O2. The van der Waals surface area contributed by atoms with Crippen molar-refractivity contribution in [1.29, 1.82) is 0 Å². The van der Waals surface area contributed by atoms with Gasteiger partial charge in [-0.05, 0) is 37.6 Å². The molecular weight excluding hydrogens is 278 g/mol. The Labute approximate surface area is 121 Å². The van der Waals surface area contributed by atoms with Crippen molar-refractivity contribution in [3.8, 4) is 11.6 Å². The van der Waals surface area contributed by atoms with Crippen LogP contribution >= 0.6 is 11.6 Å². The largest absolute Gasteiger partial charge is 0.439 e. The molecule has 6 heteroatoms. The van der Waals surface area contributed by atoms with Crippen molar-refractivity contribution in [3.63, 3.8) is 0 Å². The van der Waals surface area contributed by atoms with E-state index in [1.54, 1.807) is 31.2 Å². The minimum atomic E-state index is 0.00293. The van der Waals surface area contributed by atoms with Gasteiger partial charge in [-0.1, -0.05) is 22.8 Å². The highest BCUT2D eigenvalue weighted by atomic mass is 35.5. The summed E-state index contributed by atoms with van der Waals surface area (Å²) in [5, 5.41) is 12.3. The van der Waals surface area contributed by atoms with Crippen LogP contribution in [0.3, 0.4) is 0 Å². The Morgan fingerprint density at radius 1 is 1.30 bits per heavy atom. The molecule has 0 saturated heterocycles. The van der Waals surface area contributed by atoms with Crippen LogP contribution in [0.2, 0.25) is 5.02 Å². The first-order chi connectivity index (χ1) is 9.49. The van der Waals surface area contributed by atoms with Crippen LogP contribution < -0.4 is 10.5 Å². The molecule has 0 unspecified atom stereocenters. The van der Waals surface area contributed by atoms with E-state index < -0.39 is 0 Å². The molecule has 3 N–H and O–H groups in total. The smallest absolute Gasteiger partial charge is 0.220 e. The van der Waals surface area contributed by atoms with Crippen molar-refractivity contribution >= 4 is 17.4 Å². The Kier molecular flexibility index (Phi) is 4.10. The lowest BCUT2D eigenvalue weighted by molar-refractivity contribution is 0.318. The zero-order chi connectivity index (χ0) is 14.7. The molecule has 0 aliphatic rings. The standard InChI is InChI=1S/C14H14ClN3O2/c1-8-3-4-11(15)7-12(8)20-13-6-10(14(16)18-19)5-9(2)17-13/h3-7,19H,1-2H3,(H2,16,18). The van der Waals surface area contributed by atoms with Crippen molar-refractivity contribution < 1.29 is 9.94 Å². The van der Waals surface area contributed by atoms with Gasteiger partial charge in [-0.2, -0.15) is 0 Å². The molecule has 2 aromatic rings. The Balaban J connectivity index is 2.38. The number of halogens is 1. The minimum absolute atomic E-state index is 0.00293. The van der Waals surface area contributed by atoms with Crippen LogP contribution in [0.5, 0.6) is 11.6 Å². The van der Waals surface area contributed by atoms with Gasteiger partial charge in [-0.3, -0.25) is 0 Å². The Hall–Kier alpha value is -2.27. The molecule has 0 bridgehead atoms. The predicted molar refractivity (Wildman–Crippen MR) is 77.7 cm³/mol. The van der Waals surface area contributed by atoms with E-state index in [0.717, 1.165) is 5.56 Å². The number of aryl methyl sites for hydroxylation is 2. The molecule has 0 atom stereocenters. The van der Waals surface area contributed by atoms with Crippen LogP contribution in [-0.2, 0) is 0 Å². The fourth-order valence-corrected chi connectivity index (χ4v) is 1.85. The van der Waals surface area contributed by atoms with Crippen LogP contribution in [0.4, 0.5) is 0 Å². The van der Waals surface area contributed by atoms with Crippen molar-refractivity contribution in [2.24, 2.45) is 10.9 Å². The maximum atomic E-state index is 8.72. The van der Waals surface area contributed by atoms with Gasteiger partial charge in [0, 0.05) is 22.3 Å². The molecule has 1 heterocycles. The number of nitrogens with two attached hydrogens (primary N) is 1. The fraction of sp³-hybridized carbons (Fsp3) is 0.143. The topological polar surface area (TPSA) is 80.7 Å². The first-order valence-electron chi connectivity index (χ1n) is 5.90. The predicted octanol–water partition coefficient (Wildman–Crippen LogP) is 3.24. The first kappa shape index (κ1) is 14.1. The van der Waals surface area contributed by atoms with Gasteiger partial charge in [-0.15, -0.1) is 0 Å². The summed E-state index contributed by atoms with van der Waals surface area (Å²) in [6.07, 6.45) is 0. The maximum absolute atomic E-state index is 8.72. The van der Waals surface area contributed by atoms with Gasteiger partial charge in [0.2, 0.25) is 5.88 Å². The van der Waals surface area contributed by atoms with Gasteiger partial charge in [0.05, 0.1) is 0 Å². The molecule has 5 nitrogen and oxygen atoms in total. The number of pyridine rings is 1. The summed E-state index contributed by atoms with van der Waals surface area (Å²) in [4.78, 5) is 4.26. The third kappa shape index (κ3) is 3.19. The SMILES string of the molecule is Cc1cc(/C(N)=N/O)cc(Oc2cc(Cl)ccc2C)n1. The molecule has 1 aromatic carbocycles. The van der Waals surface area contributed by atoms with Gasteiger partial charge in [-0.25, -0.2) is 4.98 Å². The Morgan fingerprint density at radius 2 is 2.05 bits per heavy atom. The number of hydrogen-bond donors (Lipinski definition) is 2. The molecule has 0 aliphatic carbocycles. The summed E-state index contributed by atoms with van der Waals surface area (Å²) >= 11 is 5.95. The van der Waals surface area contributed by atoms with E-state index in [0.29, 0.717) is 27.9 Å². The Bertz CT molecular complexity index is 671. The molecule has 1 aromatic heterocycles. The monoisotopic (exact) mass is 291 g/mol. The molecule has 0 fully saturated rings. The summed E-state index contributed by atoms with van der Waals surface area (Å²) in [5.41, 5.74) is 7.74. The number of ether oxygens (including phenoxy) is 1. The Morgan fingerprint density at radius 3 is 2.75 bits per heavy atom. The molecule has 2 rings (SSSR count). The highest BCUT2D eigenvalue weighted by molar-refractivity contribution is 6.30. The average molecular weight is 292 g/mol. The third-order valence-corrected chi connectivity index (χ3v) is 2.93. The van der Waals surface area contributed by atoms with Crippen LogP contribution in [0, 0.1) is 13.8 Å². The molecule has 0 radical (unpaired) electrons. The summed E-state index contributed by atoms with van der Waals surface area (Å²) in [6, 6.07) is 8.66. The van der Waals surface area contributed by atoms with Crippen LogP contribution in [0.1, 0.15) is 16.8 Å². The van der Waals surface area contributed by atoms with E-state index in [2.05, 4.69) is 10.1 Å². The molecule has 0 aliphatic heterocycles. The van der Waals surface area contributed by atoms with Crippen molar-refractivity contribution in [3.05, 3.63) is 52.2 Å². The highest BCUT2D eigenvalue weighted by Gasteiger charge is 2.08. The van der Waals surface area contributed by atoms with Crippen LogP contribution in [0.15, 0.2) is 35.5 Å². The molecule has 104 valence electrons. The van der Waals surface area contributed by atoms with Gasteiger partial charge >= 0.3 is 0 Å². The van der Waals surface area contributed by atoms with Crippen molar-refractivity contribution in [1.82, 2.24) is 4.98 Å². The van der Waals surface area contributed by atoms with Gasteiger partial charge in [0.15, 0.2) is 5.84 Å². The number of aromatic nitrogens is 1. The van der Waals surface area contributed by atoms with Crippen molar-refractivity contribution in [2.75, 3.05) is 0 Å². The highest BCUT2D eigenvalue weighted by Crippen LogP contribution is 2.27. The second-order valence-electron chi connectivity index (χ2n) is 4.33. The third-order valence-electron chi connectivity index (χ3n) is 2.70. The number of nitrogens with zero attached hydrogens (tertiary/aromatic N) is 2. The molecule has 0 saturated carbocycles. The quantitative estimate of drug-likeness (QED) is 0.394. The number of oxime groups is 1. The normalized spacial score (nSPS) is 11.4. The van der Waals surface area contributed by atoms with E-state index in [9.17, 15) is 0 Å².